The molecule has 0 amide bonds. The van der Waals surface area contributed by atoms with Crippen LogP contribution < -0.4 is 9.47 Å². The highest BCUT2D eigenvalue weighted by atomic mass is 79.9. The topological polar surface area (TPSA) is 48.0 Å². The molecule has 0 bridgehead atoms. The summed E-state index contributed by atoms with van der Waals surface area (Å²) in [7, 11) is 5.67. The third kappa shape index (κ3) is 3.01. The fourth-order valence-corrected chi connectivity index (χ4v) is 4.60. The number of hydrogen-bond donors (Lipinski definition) is 0. The molecule has 2 aliphatic rings. The van der Waals surface area contributed by atoms with Gasteiger partial charge in [0.25, 0.3) is 5.79 Å². The maximum Gasteiger partial charge on any atom is 0.338 e. The van der Waals surface area contributed by atoms with E-state index >= 15 is 0 Å². The van der Waals surface area contributed by atoms with Crippen molar-refractivity contribution in [3.63, 3.8) is 0 Å². The Morgan fingerprint density at radius 1 is 1.23 bits per heavy atom. The first kappa shape index (κ1) is 19.5. The Kier molecular flexibility index (Phi) is 5.03. The number of halogens is 1. The first-order valence-electron chi connectivity index (χ1n) is 9.08. The van der Waals surface area contributed by atoms with E-state index in [1.54, 1.807) is 6.07 Å². The highest BCUT2D eigenvalue weighted by Crippen LogP contribution is 2.56. The highest BCUT2D eigenvalue weighted by molar-refractivity contribution is 9.10. The number of hydrogen-bond acceptors (Lipinski definition) is 5. The van der Waals surface area contributed by atoms with Crippen molar-refractivity contribution in [2.45, 2.75) is 58.3 Å². The minimum atomic E-state index is -0.755. The van der Waals surface area contributed by atoms with Crippen molar-refractivity contribution in [1.29, 1.82) is 0 Å². The van der Waals surface area contributed by atoms with Crippen molar-refractivity contribution in [3.05, 3.63) is 21.7 Å². The van der Waals surface area contributed by atoms with E-state index in [2.05, 4.69) is 41.8 Å². The summed E-state index contributed by atoms with van der Waals surface area (Å²) in [6.07, 6.45) is 4.30. The lowest BCUT2D eigenvalue weighted by molar-refractivity contribution is -0.173. The summed E-state index contributed by atoms with van der Waals surface area (Å²) in [4.78, 5) is 14.4. The standard InChI is InChI=1S/C20H28BrNO4/c1-12-14(18(23)24-6)11-15(21)17-16(12)25-20(3,26-17)19(2)9-7-13(8-10-19)22(4)5/h11,13H,7-10H2,1-6H3. The number of esters is 1. The van der Waals surface area contributed by atoms with Gasteiger partial charge in [0.2, 0.25) is 0 Å². The van der Waals surface area contributed by atoms with Gasteiger partial charge in [0, 0.05) is 23.9 Å². The van der Waals surface area contributed by atoms with Crippen molar-refractivity contribution in [2.75, 3.05) is 21.2 Å². The number of nitrogens with zero attached hydrogens (tertiary/aromatic N) is 1. The molecule has 1 unspecified atom stereocenters. The monoisotopic (exact) mass is 425 g/mol. The van der Waals surface area contributed by atoms with E-state index in [9.17, 15) is 4.79 Å². The van der Waals surface area contributed by atoms with E-state index in [-0.39, 0.29) is 11.4 Å². The SMILES string of the molecule is COC(=O)c1cc(Br)c2c(c1C)OC(C)(C1(C)CCC(N(C)C)CC1)O2. The summed E-state index contributed by atoms with van der Waals surface area (Å²) in [5, 5.41) is 0. The zero-order chi connectivity index (χ0) is 19.3. The van der Waals surface area contributed by atoms with Crippen LogP contribution in [0.15, 0.2) is 10.5 Å². The molecule has 1 aromatic carbocycles. The molecule has 144 valence electrons. The van der Waals surface area contributed by atoms with Gasteiger partial charge in [0.05, 0.1) is 17.1 Å². The fourth-order valence-electron chi connectivity index (χ4n) is 4.11. The van der Waals surface area contributed by atoms with Crippen LogP contribution in [0.25, 0.3) is 0 Å². The smallest absolute Gasteiger partial charge is 0.338 e. The van der Waals surface area contributed by atoms with Crippen molar-refractivity contribution >= 4 is 21.9 Å². The van der Waals surface area contributed by atoms with Crippen LogP contribution in [0.1, 0.15) is 55.5 Å². The predicted molar refractivity (Wildman–Crippen MR) is 104 cm³/mol. The van der Waals surface area contributed by atoms with E-state index in [1.165, 1.54) is 7.11 Å². The number of carbonyl (C=O) groups is 1. The maximum absolute atomic E-state index is 12.1. The Morgan fingerprint density at radius 3 is 2.35 bits per heavy atom. The summed E-state index contributed by atoms with van der Waals surface area (Å²) in [6, 6.07) is 2.36. The van der Waals surface area contributed by atoms with Crippen LogP contribution in [0.4, 0.5) is 0 Å². The molecule has 1 heterocycles. The van der Waals surface area contributed by atoms with Crippen LogP contribution in [-0.2, 0) is 4.74 Å². The molecule has 3 rings (SSSR count). The second-order valence-corrected chi connectivity index (χ2v) is 8.94. The van der Waals surface area contributed by atoms with Gasteiger partial charge in [-0.3, -0.25) is 0 Å². The largest absolute Gasteiger partial charge is 0.465 e. The second kappa shape index (κ2) is 6.71. The molecule has 0 aromatic heterocycles. The first-order chi connectivity index (χ1) is 12.1. The Morgan fingerprint density at radius 2 is 1.81 bits per heavy atom. The van der Waals surface area contributed by atoms with Gasteiger partial charge in [-0.15, -0.1) is 0 Å². The summed E-state index contributed by atoms with van der Waals surface area (Å²) in [5.74, 6) is 0.182. The molecule has 1 aromatic rings. The van der Waals surface area contributed by atoms with Gasteiger partial charge in [-0.1, -0.05) is 6.92 Å². The van der Waals surface area contributed by atoms with Gasteiger partial charge in [0.15, 0.2) is 11.5 Å². The molecule has 6 heteroatoms. The number of rotatable bonds is 3. The lowest BCUT2D eigenvalue weighted by atomic mass is 9.68. The number of benzene rings is 1. The first-order valence-corrected chi connectivity index (χ1v) is 9.87. The minimum absolute atomic E-state index is 0.101. The molecule has 0 N–H and O–H groups in total. The molecule has 5 nitrogen and oxygen atoms in total. The summed E-state index contributed by atoms with van der Waals surface area (Å²) in [5.41, 5.74) is 1.15. The van der Waals surface area contributed by atoms with Crippen molar-refractivity contribution in [3.8, 4) is 11.5 Å². The zero-order valence-corrected chi connectivity index (χ0v) is 18.0. The summed E-state index contributed by atoms with van der Waals surface area (Å²) in [6.45, 7) is 6.14. The van der Waals surface area contributed by atoms with Gasteiger partial charge < -0.3 is 19.1 Å². The Balaban J connectivity index is 1.91. The predicted octanol–water partition coefficient (Wildman–Crippen LogP) is 4.54. The maximum atomic E-state index is 12.1. The molecule has 1 aliphatic heterocycles. The van der Waals surface area contributed by atoms with Crippen LogP contribution in [0.2, 0.25) is 0 Å². The molecule has 0 radical (unpaired) electrons. The lowest BCUT2D eigenvalue weighted by Gasteiger charge is -2.46. The Hall–Kier alpha value is -1.27. The average Bonchev–Trinajstić information content (AvgIpc) is 2.98. The van der Waals surface area contributed by atoms with E-state index in [0.29, 0.717) is 27.6 Å². The molecule has 1 atom stereocenters. The molecule has 1 aliphatic carbocycles. The van der Waals surface area contributed by atoms with Gasteiger partial charge in [0.1, 0.15) is 0 Å². The fraction of sp³-hybridized carbons (Fsp3) is 0.650. The van der Waals surface area contributed by atoms with Gasteiger partial charge in [-0.05, 0) is 68.7 Å². The quantitative estimate of drug-likeness (QED) is 0.665. The number of fused-ring (bicyclic) bond motifs is 1. The van der Waals surface area contributed by atoms with Crippen LogP contribution in [0, 0.1) is 12.3 Å². The molecule has 26 heavy (non-hydrogen) atoms. The van der Waals surface area contributed by atoms with Gasteiger partial charge in [-0.2, -0.15) is 0 Å². The van der Waals surface area contributed by atoms with Gasteiger partial charge >= 0.3 is 5.97 Å². The highest BCUT2D eigenvalue weighted by Gasteiger charge is 2.55. The minimum Gasteiger partial charge on any atom is -0.465 e. The second-order valence-electron chi connectivity index (χ2n) is 8.09. The van der Waals surface area contributed by atoms with E-state index in [0.717, 1.165) is 31.2 Å². The van der Waals surface area contributed by atoms with E-state index in [4.69, 9.17) is 14.2 Å². The van der Waals surface area contributed by atoms with E-state index < -0.39 is 5.79 Å². The zero-order valence-electron chi connectivity index (χ0n) is 16.4. The molecule has 0 spiro atoms. The van der Waals surface area contributed by atoms with Crippen LogP contribution >= 0.6 is 15.9 Å². The Labute approximate surface area is 164 Å². The summed E-state index contributed by atoms with van der Waals surface area (Å²) < 4.78 is 18.4. The van der Waals surface area contributed by atoms with Gasteiger partial charge in [-0.25, -0.2) is 4.79 Å². The van der Waals surface area contributed by atoms with Crippen LogP contribution in [0.3, 0.4) is 0 Å². The van der Waals surface area contributed by atoms with Crippen molar-refractivity contribution in [1.82, 2.24) is 4.90 Å². The number of methoxy groups -OCH3 is 1. The molecule has 1 fully saturated rings. The van der Waals surface area contributed by atoms with Crippen LogP contribution in [-0.4, -0.2) is 43.9 Å². The van der Waals surface area contributed by atoms with Crippen molar-refractivity contribution < 1.29 is 19.0 Å². The number of ether oxygens (including phenoxy) is 3. The van der Waals surface area contributed by atoms with Crippen LogP contribution in [0.5, 0.6) is 11.5 Å². The molecular formula is C20H28BrNO4. The lowest BCUT2D eigenvalue weighted by Crippen LogP contribution is -2.53. The normalized spacial score (nSPS) is 30.5. The summed E-state index contributed by atoms with van der Waals surface area (Å²) >= 11 is 3.53. The molecular weight excluding hydrogens is 398 g/mol. The number of carbonyl (C=O) groups excluding carboxylic acids is 1. The average molecular weight is 426 g/mol. The molecule has 1 saturated carbocycles. The molecule has 0 saturated heterocycles. The van der Waals surface area contributed by atoms with Crippen molar-refractivity contribution in [2.24, 2.45) is 5.41 Å². The third-order valence-corrected chi connectivity index (χ3v) is 6.91. The Bertz CT molecular complexity index is 725. The third-order valence-electron chi connectivity index (χ3n) is 6.32. The van der Waals surface area contributed by atoms with E-state index in [1.807, 2.05) is 13.8 Å².